The molecule has 0 aromatic rings. The van der Waals surface area contributed by atoms with E-state index in [4.69, 9.17) is 5.11 Å². The Morgan fingerprint density at radius 1 is 1.33 bits per heavy atom. The monoisotopic (exact) mass is 343 g/mol. The van der Waals surface area contributed by atoms with Crippen molar-refractivity contribution in [3.8, 4) is 0 Å². The Morgan fingerprint density at radius 3 is 2.29 bits per heavy atom. The molecular formula is C13H27Cl2N3O3. The van der Waals surface area contributed by atoms with Gasteiger partial charge in [0.15, 0.2) is 0 Å². The van der Waals surface area contributed by atoms with Gasteiger partial charge >= 0.3 is 5.97 Å². The molecule has 0 unspecified atom stereocenters. The van der Waals surface area contributed by atoms with Crippen LogP contribution in [-0.4, -0.2) is 48.2 Å². The van der Waals surface area contributed by atoms with E-state index in [0.29, 0.717) is 12.3 Å². The average molecular weight is 344 g/mol. The number of carboxylic acid groups (broad SMARTS) is 1. The van der Waals surface area contributed by atoms with Crippen LogP contribution in [0.1, 0.15) is 33.6 Å². The highest BCUT2D eigenvalue weighted by atomic mass is 35.5. The Bertz CT molecular complexity index is 343. The molecule has 1 amide bonds. The van der Waals surface area contributed by atoms with Crippen LogP contribution in [0.15, 0.2) is 0 Å². The van der Waals surface area contributed by atoms with E-state index in [0.717, 1.165) is 6.42 Å². The van der Waals surface area contributed by atoms with Gasteiger partial charge in [-0.2, -0.15) is 0 Å². The normalized spacial score (nSPS) is 25.7. The Hall–Kier alpha value is -0.560. The van der Waals surface area contributed by atoms with Gasteiger partial charge in [-0.15, -0.1) is 24.8 Å². The summed E-state index contributed by atoms with van der Waals surface area (Å²) in [5, 5.41) is 18.3. The summed E-state index contributed by atoms with van der Waals surface area (Å²) in [6.07, 6.45) is 1.35. The van der Waals surface area contributed by atoms with E-state index in [1.54, 1.807) is 0 Å². The summed E-state index contributed by atoms with van der Waals surface area (Å²) in [7, 11) is 1.82. The molecule has 0 bridgehead atoms. The lowest BCUT2D eigenvalue weighted by Crippen LogP contribution is -2.55. The van der Waals surface area contributed by atoms with Crippen molar-refractivity contribution in [2.75, 3.05) is 7.05 Å². The molecule has 1 aliphatic heterocycles. The number of amides is 1. The molecule has 1 aliphatic rings. The van der Waals surface area contributed by atoms with Crippen LogP contribution in [0, 0.1) is 5.92 Å². The third-order valence-corrected chi connectivity index (χ3v) is 3.53. The zero-order valence-corrected chi connectivity index (χ0v) is 14.5. The fourth-order valence-electron chi connectivity index (χ4n) is 2.75. The van der Waals surface area contributed by atoms with Crippen LogP contribution in [0.4, 0.5) is 0 Å². The van der Waals surface area contributed by atoms with Gasteiger partial charge in [0.2, 0.25) is 5.91 Å². The second-order valence-electron chi connectivity index (χ2n) is 5.65. The molecule has 0 spiro atoms. The molecule has 126 valence electrons. The van der Waals surface area contributed by atoms with Crippen LogP contribution in [0.2, 0.25) is 0 Å². The number of hydrogen-bond acceptors (Lipinski definition) is 4. The summed E-state index contributed by atoms with van der Waals surface area (Å²) < 4.78 is 0. The Balaban J connectivity index is 0. The highest BCUT2D eigenvalue weighted by molar-refractivity contribution is 5.85. The number of halogens is 2. The number of rotatable bonds is 6. The molecule has 21 heavy (non-hydrogen) atoms. The van der Waals surface area contributed by atoms with Crippen molar-refractivity contribution < 1.29 is 14.7 Å². The minimum Gasteiger partial charge on any atom is -0.480 e. The maximum Gasteiger partial charge on any atom is 0.320 e. The molecule has 4 atom stereocenters. The molecule has 0 aliphatic carbocycles. The molecule has 0 aromatic heterocycles. The fourth-order valence-corrected chi connectivity index (χ4v) is 2.75. The maximum atomic E-state index is 11.3. The standard InChI is InChI=1S/C13H25N3O3.2ClH/c1-7(2)5-10(15-8(3)17)12-9(14-4)6-11(16-12)13(18)19;;/h7,9-12,14,16H,5-6H2,1-4H3,(H,15,17)(H,18,19);2*1H/t9-,10+,11-,12+;;/m1../s1. The van der Waals surface area contributed by atoms with Gasteiger partial charge in [-0.1, -0.05) is 13.8 Å². The largest absolute Gasteiger partial charge is 0.480 e. The molecule has 6 nitrogen and oxygen atoms in total. The molecule has 0 aromatic carbocycles. The molecule has 0 radical (unpaired) electrons. The van der Waals surface area contributed by atoms with E-state index in [1.165, 1.54) is 6.92 Å². The zero-order chi connectivity index (χ0) is 14.6. The maximum absolute atomic E-state index is 11.3. The van der Waals surface area contributed by atoms with E-state index < -0.39 is 12.0 Å². The lowest BCUT2D eigenvalue weighted by Gasteiger charge is -2.30. The number of nitrogens with one attached hydrogen (secondary N) is 3. The van der Waals surface area contributed by atoms with Crippen LogP contribution >= 0.6 is 24.8 Å². The topological polar surface area (TPSA) is 90.5 Å². The van der Waals surface area contributed by atoms with Crippen molar-refractivity contribution in [2.45, 2.75) is 57.8 Å². The number of carboxylic acids is 1. The zero-order valence-electron chi connectivity index (χ0n) is 12.9. The van der Waals surface area contributed by atoms with Crippen LogP contribution < -0.4 is 16.0 Å². The number of likely N-dealkylation sites (N-methyl/N-ethyl adjacent to an activating group) is 1. The van der Waals surface area contributed by atoms with Gasteiger partial charge in [-0.25, -0.2) is 0 Å². The third-order valence-electron chi connectivity index (χ3n) is 3.53. The molecule has 0 saturated carbocycles. The first kappa shape index (κ1) is 22.7. The van der Waals surface area contributed by atoms with Crippen molar-refractivity contribution >= 4 is 36.7 Å². The van der Waals surface area contributed by atoms with Gasteiger partial charge in [0, 0.05) is 25.0 Å². The van der Waals surface area contributed by atoms with Gasteiger partial charge in [-0.3, -0.25) is 14.9 Å². The van der Waals surface area contributed by atoms with Crippen molar-refractivity contribution in [1.29, 1.82) is 0 Å². The summed E-state index contributed by atoms with van der Waals surface area (Å²) in [6, 6.07) is -0.612. The first-order valence-corrected chi connectivity index (χ1v) is 6.78. The Morgan fingerprint density at radius 2 is 1.90 bits per heavy atom. The number of carbonyl (C=O) groups is 2. The van der Waals surface area contributed by atoms with E-state index in [-0.39, 0.29) is 48.8 Å². The first-order chi connectivity index (χ1) is 8.85. The van der Waals surface area contributed by atoms with Crippen LogP contribution in [0.5, 0.6) is 0 Å². The average Bonchev–Trinajstić information content (AvgIpc) is 2.70. The quantitative estimate of drug-likeness (QED) is 0.572. The third kappa shape index (κ3) is 6.82. The summed E-state index contributed by atoms with van der Waals surface area (Å²) in [5.74, 6) is -0.491. The van der Waals surface area contributed by atoms with Crippen molar-refractivity contribution in [2.24, 2.45) is 5.92 Å². The Kier molecular flexibility index (Phi) is 11.0. The predicted molar refractivity (Wildman–Crippen MR) is 87.4 cm³/mol. The summed E-state index contributed by atoms with van der Waals surface area (Å²) in [6.45, 7) is 5.67. The molecular weight excluding hydrogens is 317 g/mol. The van der Waals surface area contributed by atoms with Crippen LogP contribution in [-0.2, 0) is 9.59 Å². The summed E-state index contributed by atoms with van der Waals surface area (Å²) >= 11 is 0. The van der Waals surface area contributed by atoms with Gasteiger partial charge in [0.1, 0.15) is 6.04 Å². The summed E-state index contributed by atoms with van der Waals surface area (Å²) in [5.41, 5.74) is 0. The lowest BCUT2D eigenvalue weighted by molar-refractivity contribution is -0.139. The minimum absolute atomic E-state index is 0. The Labute approximate surface area is 138 Å². The molecule has 1 saturated heterocycles. The molecule has 1 heterocycles. The van der Waals surface area contributed by atoms with Gasteiger partial charge in [-0.05, 0) is 25.8 Å². The molecule has 1 rings (SSSR count). The van der Waals surface area contributed by atoms with Crippen LogP contribution in [0.25, 0.3) is 0 Å². The highest BCUT2D eigenvalue weighted by Gasteiger charge is 2.40. The highest BCUT2D eigenvalue weighted by Crippen LogP contribution is 2.20. The predicted octanol–water partition coefficient (Wildman–Crippen LogP) is 0.784. The van der Waals surface area contributed by atoms with Crippen molar-refractivity contribution in [3.05, 3.63) is 0 Å². The van der Waals surface area contributed by atoms with Crippen molar-refractivity contribution in [1.82, 2.24) is 16.0 Å². The van der Waals surface area contributed by atoms with Crippen LogP contribution in [0.3, 0.4) is 0 Å². The molecule has 4 N–H and O–H groups in total. The van der Waals surface area contributed by atoms with E-state index in [1.807, 2.05) is 7.05 Å². The molecule has 8 heteroatoms. The smallest absolute Gasteiger partial charge is 0.320 e. The van der Waals surface area contributed by atoms with E-state index >= 15 is 0 Å². The van der Waals surface area contributed by atoms with E-state index in [2.05, 4.69) is 29.8 Å². The van der Waals surface area contributed by atoms with Crippen molar-refractivity contribution in [3.63, 3.8) is 0 Å². The number of hydrogen-bond donors (Lipinski definition) is 4. The van der Waals surface area contributed by atoms with Gasteiger partial charge < -0.3 is 15.7 Å². The second-order valence-corrected chi connectivity index (χ2v) is 5.65. The lowest BCUT2D eigenvalue weighted by atomic mass is 9.93. The van der Waals surface area contributed by atoms with E-state index in [9.17, 15) is 9.59 Å². The van der Waals surface area contributed by atoms with Gasteiger partial charge in [0.05, 0.1) is 0 Å². The first-order valence-electron chi connectivity index (χ1n) is 6.78. The molecule has 1 fully saturated rings. The number of carbonyl (C=O) groups excluding carboxylic acids is 1. The fraction of sp³-hybridized carbons (Fsp3) is 0.846. The van der Waals surface area contributed by atoms with Gasteiger partial charge in [0.25, 0.3) is 0 Å². The minimum atomic E-state index is -0.839. The second kappa shape index (κ2) is 10.2. The number of aliphatic carboxylic acids is 1. The summed E-state index contributed by atoms with van der Waals surface area (Å²) in [4.78, 5) is 22.4. The SMILES string of the molecule is CN[C@@H]1C[C@H](C(=O)O)N[C@@H]1[C@H](CC(C)C)NC(C)=O.Cl.Cl.